The topological polar surface area (TPSA) is 113 Å². The molecule has 0 aromatic heterocycles. The molecule has 1 aromatic carbocycles. The van der Waals surface area contributed by atoms with Crippen LogP contribution >= 0.6 is 12.4 Å². The lowest BCUT2D eigenvalue weighted by Crippen LogP contribution is -2.46. The van der Waals surface area contributed by atoms with E-state index in [1.165, 1.54) is 10.6 Å². The molecule has 0 aliphatic carbocycles. The SMILES string of the molecule is CS(=O)(=O)N1CCc2cc(C(=O)N3CCCC(C(=O)NCCN)C3)ccc21.Cl. The molecule has 8 nitrogen and oxygen atoms in total. The van der Waals surface area contributed by atoms with Gasteiger partial charge in [0.05, 0.1) is 17.9 Å². The maximum Gasteiger partial charge on any atom is 0.253 e. The van der Waals surface area contributed by atoms with Crippen LogP contribution < -0.4 is 15.4 Å². The third-order valence-electron chi connectivity index (χ3n) is 5.10. The van der Waals surface area contributed by atoms with Gasteiger partial charge in [-0.2, -0.15) is 0 Å². The van der Waals surface area contributed by atoms with E-state index in [1.54, 1.807) is 23.1 Å². The highest BCUT2D eigenvalue weighted by Gasteiger charge is 2.30. The molecule has 28 heavy (non-hydrogen) atoms. The van der Waals surface area contributed by atoms with Crippen LogP contribution in [-0.4, -0.2) is 64.1 Å². The molecule has 0 radical (unpaired) electrons. The van der Waals surface area contributed by atoms with Gasteiger partial charge in [0.2, 0.25) is 15.9 Å². The number of amides is 2. The number of hydrogen-bond donors (Lipinski definition) is 2. The number of nitrogens with two attached hydrogens (primary N) is 1. The Hall–Kier alpha value is -1.84. The first-order valence-electron chi connectivity index (χ1n) is 9.19. The fourth-order valence-electron chi connectivity index (χ4n) is 3.75. The van der Waals surface area contributed by atoms with Gasteiger partial charge in [-0.25, -0.2) is 8.42 Å². The van der Waals surface area contributed by atoms with Crippen molar-refractivity contribution < 1.29 is 18.0 Å². The Morgan fingerprint density at radius 3 is 2.71 bits per heavy atom. The largest absolute Gasteiger partial charge is 0.355 e. The van der Waals surface area contributed by atoms with Crippen LogP contribution in [0.3, 0.4) is 0 Å². The third kappa shape index (κ3) is 4.76. The number of carbonyl (C=O) groups excluding carboxylic acids is 2. The van der Waals surface area contributed by atoms with Crippen molar-refractivity contribution in [1.29, 1.82) is 0 Å². The first-order chi connectivity index (χ1) is 12.8. The molecule has 0 spiro atoms. The molecule has 1 saturated heterocycles. The van der Waals surface area contributed by atoms with Gasteiger partial charge in [-0.3, -0.25) is 13.9 Å². The number of nitrogens with one attached hydrogen (secondary N) is 1. The van der Waals surface area contributed by atoms with Crippen LogP contribution in [0.4, 0.5) is 5.69 Å². The molecule has 3 N–H and O–H groups in total. The number of likely N-dealkylation sites (tertiary alicyclic amines) is 1. The highest BCUT2D eigenvalue weighted by atomic mass is 35.5. The van der Waals surface area contributed by atoms with Crippen LogP contribution in [0.5, 0.6) is 0 Å². The Morgan fingerprint density at radius 1 is 1.29 bits per heavy atom. The second-order valence-electron chi connectivity index (χ2n) is 7.10. The molecular weight excluding hydrogens is 404 g/mol. The van der Waals surface area contributed by atoms with E-state index in [9.17, 15) is 18.0 Å². The van der Waals surface area contributed by atoms with E-state index in [1.807, 2.05) is 0 Å². The minimum absolute atomic E-state index is 0. The zero-order valence-electron chi connectivity index (χ0n) is 15.9. The number of carbonyl (C=O) groups is 2. The number of halogens is 1. The average molecular weight is 431 g/mol. The zero-order valence-corrected chi connectivity index (χ0v) is 17.5. The van der Waals surface area contributed by atoms with Crippen molar-refractivity contribution in [3.8, 4) is 0 Å². The van der Waals surface area contributed by atoms with Crippen molar-refractivity contribution >= 4 is 39.9 Å². The molecule has 1 unspecified atom stereocenters. The molecule has 3 rings (SSSR count). The van der Waals surface area contributed by atoms with Gasteiger partial charge in [0.15, 0.2) is 0 Å². The fourth-order valence-corrected chi connectivity index (χ4v) is 4.71. The summed E-state index contributed by atoms with van der Waals surface area (Å²) in [7, 11) is -3.31. The number of hydrogen-bond acceptors (Lipinski definition) is 5. The Morgan fingerprint density at radius 2 is 2.04 bits per heavy atom. The number of benzene rings is 1. The second-order valence-corrected chi connectivity index (χ2v) is 9.01. The highest BCUT2D eigenvalue weighted by Crippen LogP contribution is 2.31. The van der Waals surface area contributed by atoms with Crippen molar-refractivity contribution in [3.63, 3.8) is 0 Å². The van der Waals surface area contributed by atoms with Gasteiger partial charge < -0.3 is 16.0 Å². The van der Waals surface area contributed by atoms with Crippen molar-refractivity contribution in [1.82, 2.24) is 10.2 Å². The molecule has 1 fully saturated rings. The number of rotatable bonds is 5. The summed E-state index contributed by atoms with van der Waals surface area (Å²) in [6, 6.07) is 5.15. The quantitative estimate of drug-likeness (QED) is 0.700. The minimum atomic E-state index is -3.31. The Kier molecular flexibility index (Phi) is 7.30. The Labute approximate surface area is 171 Å². The lowest BCUT2D eigenvalue weighted by atomic mass is 9.96. The summed E-state index contributed by atoms with van der Waals surface area (Å²) in [5.74, 6) is -0.396. The molecule has 0 saturated carbocycles. The van der Waals surface area contributed by atoms with E-state index >= 15 is 0 Å². The van der Waals surface area contributed by atoms with Crippen LogP contribution in [0.15, 0.2) is 18.2 Å². The molecule has 0 bridgehead atoms. The van der Waals surface area contributed by atoms with Gasteiger partial charge in [0.1, 0.15) is 0 Å². The van der Waals surface area contributed by atoms with Crippen molar-refractivity contribution in [2.75, 3.05) is 43.3 Å². The molecule has 1 aromatic rings. The summed E-state index contributed by atoms with van der Waals surface area (Å²) in [4.78, 5) is 26.8. The molecule has 2 amide bonds. The van der Waals surface area contributed by atoms with E-state index in [0.29, 0.717) is 50.4 Å². The van der Waals surface area contributed by atoms with Gasteiger partial charge in [0, 0.05) is 38.3 Å². The predicted octanol–water partition coefficient (Wildman–Crippen LogP) is 0.358. The summed E-state index contributed by atoms with van der Waals surface area (Å²) in [6.07, 6.45) is 3.31. The van der Waals surface area contributed by atoms with E-state index in [-0.39, 0.29) is 30.1 Å². The summed E-state index contributed by atoms with van der Waals surface area (Å²) in [5, 5.41) is 2.79. The molecule has 2 aliphatic heterocycles. The van der Waals surface area contributed by atoms with Crippen molar-refractivity contribution in [2.45, 2.75) is 19.3 Å². The minimum Gasteiger partial charge on any atom is -0.355 e. The van der Waals surface area contributed by atoms with Crippen molar-refractivity contribution in [2.24, 2.45) is 11.7 Å². The number of sulfonamides is 1. The lowest BCUT2D eigenvalue weighted by Gasteiger charge is -2.32. The average Bonchev–Trinajstić information content (AvgIpc) is 3.09. The molecule has 2 aliphatic rings. The maximum absolute atomic E-state index is 12.9. The first kappa shape index (κ1) is 22.4. The molecule has 156 valence electrons. The van der Waals surface area contributed by atoms with E-state index in [0.717, 1.165) is 18.4 Å². The van der Waals surface area contributed by atoms with E-state index in [4.69, 9.17) is 5.73 Å². The van der Waals surface area contributed by atoms with Crippen LogP contribution in [0.1, 0.15) is 28.8 Å². The van der Waals surface area contributed by atoms with E-state index in [2.05, 4.69) is 5.32 Å². The third-order valence-corrected chi connectivity index (χ3v) is 6.28. The van der Waals surface area contributed by atoms with Gasteiger partial charge in [0.25, 0.3) is 5.91 Å². The summed E-state index contributed by atoms with van der Waals surface area (Å²) >= 11 is 0. The molecule has 10 heteroatoms. The summed E-state index contributed by atoms with van der Waals surface area (Å²) in [5.41, 5.74) is 7.46. The predicted molar refractivity (Wildman–Crippen MR) is 110 cm³/mol. The molecule has 2 heterocycles. The normalized spacial score (nSPS) is 19.0. The molecule has 1 atom stereocenters. The van der Waals surface area contributed by atoms with Gasteiger partial charge in [-0.15, -0.1) is 12.4 Å². The fraction of sp³-hybridized carbons (Fsp3) is 0.556. The van der Waals surface area contributed by atoms with E-state index < -0.39 is 10.0 Å². The Bertz CT molecular complexity index is 846. The van der Waals surface area contributed by atoms with Gasteiger partial charge >= 0.3 is 0 Å². The highest BCUT2D eigenvalue weighted by molar-refractivity contribution is 7.92. The number of anilines is 1. The standard InChI is InChI=1S/C18H26N4O4S.ClH/c1-27(25,26)22-10-6-13-11-14(4-5-16(13)22)18(24)21-9-2-3-15(12-21)17(23)20-8-7-19;/h4-5,11,15H,2-3,6-10,12,19H2,1H3,(H,20,23);1H. The smallest absolute Gasteiger partial charge is 0.253 e. The summed E-state index contributed by atoms with van der Waals surface area (Å²) < 4.78 is 25.1. The number of nitrogens with zero attached hydrogens (tertiary/aromatic N) is 2. The van der Waals surface area contributed by atoms with Gasteiger partial charge in [-0.1, -0.05) is 0 Å². The number of fused-ring (bicyclic) bond motifs is 1. The van der Waals surface area contributed by atoms with Gasteiger partial charge in [-0.05, 0) is 43.0 Å². The maximum atomic E-state index is 12.9. The number of piperidine rings is 1. The first-order valence-corrected chi connectivity index (χ1v) is 11.0. The monoisotopic (exact) mass is 430 g/mol. The molecular formula is C18H27ClN4O4S. The zero-order chi connectivity index (χ0) is 19.6. The summed E-state index contributed by atoms with van der Waals surface area (Å²) in [6.45, 7) is 2.23. The second kappa shape index (κ2) is 9.11. The van der Waals surface area contributed by atoms with Crippen LogP contribution in [0, 0.1) is 5.92 Å². The van der Waals surface area contributed by atoms with Crippen LogP contribution in [0.2, 0.25) is 0 Å². The van der Waals surface area contributed by atoms with Crippen LogP contribution in [0.25, 0.3) is 0 Å². The van der Waals surface area contributed by atoms with Crippen molar-refractivity contribution in [3.05, 3.63) is 29.3 Å². The van der Waals surface area contributed by atoms with Crippen LogP contribution in [-0.2, 0) is 21.2 Å². The Balaban J connectivity index is 0.00000280. The lowest BCUT2D eigenvalue weighted by molar-refractivity contribution is -0.126.